The van der Waals surface area contributed by atoms with Gasteiger partial charge in [0, 0.05) is 61.5 Å². The van der Waals surface area contributed by atoms with Gasteiger partial charge in [0.25, 0.3) is 0 Å². The smallest absolute Gasteiger partial charge is 0.308 e. The average molecular weight is 604 g/mol. The molecule has 0 unspecified atom stereocenters. The number of carboxylic acids is 1. The lowest BCUT2D eigenvalue weighted by Gasteiger charge is -2.34. The van der Waals surface area contributed by atoms with Crippen LogP contribution in [0.1, 0.15) is 55.3 Å². The Labute approximate surface area is 257 Å². The Kier molecular flexibility index (Phi) is 9.98. The van der Waals surface area contributed by atoms with E-state index in [2.05, 4.69) is 43.0 Å². The summed E-state index contributed by atoms with van der Waals surface area (Å²) in [6, 6.07) is 9.38. The summed E-state index contributed by atoms with van der Waals surface area (Å²) in [5, 5.41) is 19.3. The highest BCUT2D eigenvalue weighted by Gasteiger charge is 2.27. The number of aryl methyl sites for hydroxylation is 1. The van der Waals surface area contributed by atoms with E-state index in [1.807, 2.05) is 6.92 Å². The van der Waals surface area contributed by atoms with Gasteiger partial charge in [0.05, 0.1) is 20.1 Å². The molecule has 2 aromatic heterocycles. The number of hydrogen-bond acceptors (Lipinski definition) is 10. The number of carbonyl (C=O) groups is 2. The fourth-order valence-electron chi connectivity index (χ4n) is 5.93. The van der Waals surface area contributed by atoms with Gasteiger partial charge >= 0.3 is 5.97 Å². The Morgan fingerprint density at radius 1 is 1.11 bits per heavy atom. The summed E-state index contributed by atoms with van der Waals surface area (Å²) in [6.07, 6.45) is 6.14. The Morgan fingerprint density at radius 2 is 1.91 bits per heavy atom. The van der Waals surface area contributed by atoms with E-state index < -0.39 is 17.8 Å². The van der Waals surface area contributed by atoms with E-state index in [-0.39, 0.29) is 13.0 Å². The minimum atomic E-state index is -1.07. The first-order valence-electron chi connectivity index (χ1n) is 15.2. The number of carboxylic acid groups (broad SMARTS) is 1. The van der Waals surface area contributed by atoms with Crippen molar-refractivity contribution in [3.8, 4) is 11.5 Å². The van der Waals surface area contributed by atoms with Crippen molar-refractivity contribution in [3.63, 3.8) is 0 Å². The molecule has 44 heavy (non-hydrogen) atoms. The molecule has 0 spiro atoms. The first-order chi connectivity index (χ1) is 21.4. The highest BCUT2D eigenvalue weighted by Crippen LogP contribution is 2.34. The minimum Gasteiger partial charge on any atom is -0.493 e. The van der Waals surface area contributed by atoms with E-state index in [1.54, 1.807) is 18.2 Å². The maximum Gasteiger partial charge on any atom is 0.308 e. The number of aliphatic carboxylic acids is 1. The summed E-state index contributed by atoms with van der Waals surface area (Å²) in [4.78, 5) is 41.1. The van der Waals surface area contributed by atoms with Crippen molar-refractivity contribution in [2.45, 2.75) is 51.4 Å². The topological polar surface area (TPSA) is 151 Å². The van der Waals surface area contributed by atoms with Crippen molar-refractivity contribution in [1.29, 1.82) is 0 Å². The van der Waals surface area contributed by atoms with Crippen molar-refractivity contribution in [2.24, 2.45) is 5.92 Å². The number of anilines is 4. The van der Waals surface area contributed by atoms with Crippen molar-refractivity contribution in [1.82, 2.24) is 15.0 Å². The fraction of sp³-hybridized carbons (Fsp3) is 0.469. The van der Waals surface area contributed by atoms with Crippen LogP contribution >= 0.6 is 0 Å². The van der Waals surface area contributed by atoms with Crippen molar-refractivity contribution in [3.05, 3.63) is 53.5 Å². The normalized spacial score (nSPS) is 15.5. The van der Waals surface area contributed by atoms with E-state index >= 15 is 0 Å². The SMILES string of the molecule is CCc1c(NC[C@H](CC(=O)Nc2ccc(OC)c(OC)c2)C(=O)O)ncnc1N1CCC(c2ccc3c(n2)NCCC3)CC1. The molecule has 2 aliphatic rings. The predicted molar refractivity (Wildman–Crippen MR) is 169 cm³/mol. The number of carbonyl (C=O) groups excluding carboxylic acids is 1. The van der Waals surface area contributed by atoms with Crippen LogP contribution in [0, 0.1) is 5.92 Å². The standard InChI is InChI=1S/C32H41N7O5/c1-4-24-30(34-18-22(32(41)42)16-28(40)37-23-8-10-26(43-2)27(17-23)44-3)35-19-36-31(24)39-14-11-20(12-15-39)25-9-7-21-6-5-13-33-29(21)38-25/h7-10,17,19-20,22H,4-6,11-16,18H2,1-3H3,(H,33,38)(H,37,40)(H,41,42)(H,34,35,36)/t22-/m0/s1. The molecule has 0 saturated carbocycles. The lowest BCUT2D eigenvalue weighted by Crippen LogP contribution is -2.35. The van der Waals surface area contributed by atoms with E-state index in [4.69, 9.17) is 14.5 Å². The number of aromatic nitrogens is 3. The summed E-state index contributed by atoms with van der Waals surface area (Å²) in [7, 11) is 3.03. The summed E-state index contributed by atoms with van der Waals surface area (Å²) in [5.74, 6) is 1.42. The van der Waals surface area contributed by atoms with Gasteiger partial charge in [-0.1, -0.05) is 13.0 Å². The summed E-state index contributed by atoms with van der Waals surface area (Å²) >= 11 is 0. The third-order valence-electron chi connectivity index (χ3n) is 8.37. The molecular formula is C32H41N7O5. The lowest BCUT2D eigenvalue weighted by molar-refractivity contribution is -0.142. The lowest BCUT2D eigenvalue weighted by atomic mass is 9.92. The van der Waals surface area contributed by atoms with E-state index in [1.165, 1.54) is 26.1 Å². The number of rotatable bonds is 12. The molecule has 3 aromatic rings. The zero-order chi connectivity index (χ0) is 31.1. The highest BCUT2D eigenvalue weighted by molar-refractivity contribution is 5.93. The van der Waals surface area contributed by atoms with Gasteiger partial charge in [-0.3, -0.25) is 9.59 Å². The maximum absolute atomic E-state index is 12.8. The third-order valence-corrected chi connectivity index (χ3v) is 8.37. The van der Waals surface area contributed by atoms with Crippen LogP contribution in [0.15, 0.2) is 36.7 Å². The maximum atomic E-state index is 12.8. The Balaban J connectivity index is 1.20. The van der Waals surface area contributed by atoms with Crippen LogP contribution in [0.5, 0.6) is 11.5 Å². The molecule has 234 valence electrons. The van der Waals surface area contributed by atoms with Crippen LogP contribution in [-0.4, -0.2) is 72.3 Å². The quantitative estimate of drug-likeness (QED) is 0.234. The van der Waals surface area contributed by atoms with Crippen molar-refractivity contribution < 1.29 is 24.2 Å². The molecule has 1 fully saturated rings. The number of ether oxygens (including phenoxy) is 2. The van der Waals surface area contributed by atoms with Crippen LogP contribution in [0.2, 0.25) is 0 Å². The summed E-state index contributed by atoms with van der Waals surface area (Å²) in [6.45, 7) is 4.74. The summed E-state index contributed by atoms with van der Waals surface area (Å²) in [5.41, 5.74) is 3.87. The molecule has 1 aromatic carbocycles. The van der Waals surface area contributed by atoms with Gasteiger partial charge < -0.3 is 35.4 Å². The highest BCUT2D eigenvalue weighted by atomic mass is 16.5. The zero-order valence-corrected chi connectivity index (χ0v) is 25.6. The zero-order valence-electron chi connectivity index (χ0n) is 25.6. The second-order valence-corrected chi connectivity index (χ2v) is 11.2. The first kappa shape index (κ1) is 30.8. The van der Waals surface area contributed by atoms with Crippen LogP contribution in [-0.2, 0) is 22.4 Å². The van der Waals surface area contributed by atoms with Gasteiger partial charge in [0.2, 0.25) is 5.91 Å². The van der Waals surface area contributed by atoms with Crippen LogP contribution in [0.4, 0.5) is 23.1 Å². The monoisotopic (exact) mass is 603 g/mol. The number of nitrogens with zero attached hydrogens (tertiary/aromatic N) is 4. The van der Waals surface area contributed by atoms with Gasteiger partial charge in [0.1, 0.15) is 23.8 Å². The molecule has 0 bridgehead atoms. The van der Waals surface area contributed by atoms with E-state index in [0.29, 0.717) is 35.3 Å². The molecule has 1 amide bonds. The minimum absolute atomic E-state index is 0.0399. The van der Waals surface area contributed by atoms with Gasteiger partial charge in [0.15, 0.2) is 11.5 Å². The Morgan fingerprint density at radius 3 is 2.64 bits per heavy atom. The molecule has 5 rings (SSSR count). The molecule has 0 radical (unpaired) electrons. The van der Waals surface area contributed by atoms with Crippen LogP contribution in [0.25, 0.3) is 0 Å². The predicted octanol–water partition coefficient (Wildman–Crippen LogP) is 4.33. The average Bonchev–Trinajstić information content (AvgIpc) is 3.06. The van der Waals surface area contributed by atoms with E-state index in [9.17, 15) is 14.7 Å². The van der Waals surface area contributed by atoms with Crippen LogP contribution < -0.4 is 30.3 Å². The number of benzene rings is 1. The Hall–Kier alpha value is -4.61. The van der Waals surface area contributed by atoms with Gasteiger partial charge in [-0.15, -0.1) is 0 Å². The number of amides is 1. The van der Waals surface area contributed by atoms with Crippen LogP contribution in [0.3, 0.4) is 0 Å². The number of pyridine rings is 1. The number of fused-ring (bicyclic) bond motifs is 1. The molecular weight excluding hydrogens is 562 g/mol. The molecule has 12 nitrogen and oxygen atoms in total. The second kappa shape index (κ2) is 14.2. The number of piperidine rings is 1. The molecule has 1 atom stereocenters. The van der Waals surface area contributed by atoms with Crippen molar-refractivity contribution >= 4 is 35.0 Å². The molecule has 4 heterocycles. The molecule has 2 aliphatic heterocycles. The number of methoxy groups -OCH3 is 2. The van der Waals surface area contributed by atoms with Gasteiger partial charge in [-0.25, -0.2) is 15.0 Å². The van der Waals surface area contributed by atoms with Crippen molar-refractivity contribution in [2.75, 3.05) is 61.2 Å². The number of nitrogens with one attached hydrogen (secondary N) is 3. The summed E-state index contributed by atoms with van der Waals surface area (Å²) < 4.78 is 10.5. The molecule has 1 saturated heterocycles. The first-order valence-corrected chi connectivity index (χ1v) is 15.2. The number of hydrogen-bond donors (Lipinski definition) is 4. The second-order valence-electron chi connectivity index (χ2n) is 11.2. The molecule has 4 N–H and O–H groups in total. The fourth-order valence-corrected chi connectivity index (χ4v) is 5.93. The Bertz CT molecular complexity index is 1480. The van der Waals surface area contributed by atoms with Gasteiger partial charge in [-0.2, -0.15) is 0 Å². The largest absolute Gasteiger partial charge is 0.493 e. The molecule has 12 heteroatoms. The van der Waals surface area contributed by atoms with Gasteiger partial charge in [-0.05, 0) is 55.9 Å². The molecule has 0 aliphatic carbocycles. The van der Waals surface area contributed by atoms with E-state index in [0.717, 1.165) is 68.2 Å². The third kappa shape index (κ3) is 7.12.